The Morgan fingerprint density at radius 3 is 2.59 bits per heavy atom. The van der Waals surface area contributed by atoms with Gasteiger partial charge in [0, 0.05) is 19.4 Å². The Morgan fingerprint density at radius 2 is 1.93 bits per heavy atom. The van der Waals surface area contributed by atoms with Crippen LogP contribution >= 0.6 is 12.4 Å². The maximum absolute atomic E-state index is 13.0. The fourth-order valence-corrected chi connectivity index (χ4v) is 3.29. The molecule has 0 aliphatic carbocycles. The van der Waals surface area contributed by atoms with E-state index in [2.05, 4.69) is 10.6 Å². The number of carbonyl (C=O) groups is 1. The molecule has 0 unspecified atom stereocenters. The second-order valence-electron chi connectivity index (χ2n) is 6.76. The SMILES string of the molecule is CCOCCOCc1cccc(NC(=O)C2(COC)CCNCC2)c1C.Cl. The predicted octanol–water partition coefficient (Wildman–Crippen LogP) is 2.92. The number of amides is 1. The third-order valence-electron chi connectivity index (χ3n) is 4.99. The molecule has 1 saturated heterocycles. The van der Waals surface area contributed by atoms with E-state index in [0.29, 0.717) is 33.0 Å². The summed E-state index contributed by atoms with van der Waals surface area (Å²) in [5.41, 5.74) is 2.50. The lowest BCUT2D eigenvalue weighted by molar-refractivity contribution is -0.130. The predicted molar refractivity (Wildman–Crippen MR) is 110 cm³/mol. The zero-order valence-corrected chi connectivity index (χ0v) is 17.5. The summed E-state index contributed by atoms with van der Waals surface area (Å²) in [7, 11) is 1.66. The zero-order chi connectivity index (χ0) is 18.8. The maximum atomic E-state index is 13.0. The molecule has 2 N–H and O–H groups in total. The first-order valence-corrected chi connectivity index (χ1v) is 9.38. The average molecular weight is 401 g/mol. The largest absolute Gasteiger partial charge is 0.384 e. The van der Waals surface area contributed by atoms with Crippen LogP contribution < -0.4 is 10.6 Å². The van der Waals surface area contributed by atoms with Crippen molar-refractivity contribution in [1.29, 1.82) is 0 Å². The number of methoxy groups -OCH3 is 1. The molecule has 6 nitrogen and oxygen atoms in total. The molecule has 154 valence electrons. The summed E-state index contributed by atoms with van der Waals surface area (Å²) in [6.45, 7) is 8.47. The zero-order valence-electron chi connectivity index (χ0n) is 16.6. The van der Waals surface area contributed by atoms with E-state index in [4.69, 9.17) is 14.2 Å². The minimum atomic E-state index is -0.462. The number of carbonyl (C=O) groups excluding carboxylic acids is 1. The van der Waals surface area contributed by atoms with Gasteiger partial charge >= 0.3 is 0 Å². The van der Waals surface area contributed by atoms with Crippen LogP contribution in [0.2, 0.25) is 0 Å². The summed E-state index contributed by atoms with van der Waals surface area (Å²) in [5, 5.41) is 6.44. The minimum absolute atomic E-state index is 0. The van der Waals surface area contributed by atoms with E-state index in [1.165, 1.54) is 0 Å². The molecule has 1 aliphatic heterocycles. The molecule has 1 aromatic rings. The van der Waals surface area contributed by atoms with E-state index in [9.17, 15) is 4.79 Å². The Balaban J connectivity index is 0.00000364. The van der Waals surface area contributed by atoms with Gasteiger partial charge in [-0.3, -0.25) is 4.79 Å². The maximum Gasteiger partial charge on any atom is 0.233 e. The van der Waals surface area contributed by atoms with E-state index in [-0.39, 0.29) is 18.3 Å². The van der Waals surface area contributed by atoms with E-state index in [1.54, 1.807) is 7.11 Å². The summed E-state index contributed by atoms with van der Waals surface area (Å²) in [6, 6.07) is 5.93. The summed E-state index contributed by atoms with van der Waals surface area (Å²) in [5.74, 6) is 0.0402. The third-order valence-corrected chi connectivity index (χ3v) is 4.99. The fourth-order valence-electron chi connectivity index (χ4n) is 3.29. The average Bonchev–Trinajstić information content (AvgIpc) is 2.65. The second-order valence-corrected chi connectivity index (χ2v) is 6.76. The molecule has 1 aliphatic rings. The first-order chi connectivity index (χ1) is 12.6. The van der Waals surface area contributed by atoms with E-state index < -0.39 is 5.41 Å². The van der Waals surface area contributed by atoms with Gasteiger partial charge in [-0.1, -0.05) is 12.1 Å². The van der Waals surface area contributed by atoms with Gasteiger partial charge in [0.15, 0.2) is 0 Å². The standard InChI is InChI=1S/C20H32N2O4.ClH/c1-4-25-12-13-26-14-17-6-5-7-18(16(17)2)22-19(23)20(15-24-3)8-10-21-11-9-20;/h5-7,21H,4,8-15H2,1-3H3,(H,22,23);1H. The summed E-state index contributed by atoms with van der Waals surface area (Å²) >= 11 is 0. The number of nitrogens with one attached hydrogen (secondary N) is 2. The van der Waals surface area contributed by atoms with Crippen LogP contribution in [-0.2, 0) is 25.6 Å². The van der Waals surface area contributed by atoms with Crippen LogP contribution in [0.4, 0.5) is 5.69 Å². The number of benzene rings is 1. The van der Waals surface area contributed by atoms with E-state index in [1.807, 2.05) is 32.0 Å². The van der Waals surface area contributed by atoms with Crippen molar-refractivity contribution in [2.24, 2.45) is 5.41 Å². The minimum Gasteiger partial charge on any atom is -0.384 e. The number of hydrogen-bond acceptors (Lipinski definition) is 5. The monoisotopic (exact) mass is 400 g/mol. The van der Waals surface area contributed by atoms with Crippen molar-refractivity contribution < 1.29 is 19.0 Å². The molecule has 1 fully saturated rings. The van der Waals surface area contributed by atoms with Crippen molar-refractivity contribution in [1.82, 2.24) is 5.32 Å². The smallest absolute Gasteiger partial charge is 0.233 e. The van der Waals surface area contributed by atoms with Gasteiger partial charge in [-0.05, 0) is 57.0 Å². The van der Waals surface area contributed by atoms with Gasteiger partial charge in [0.05, 0.1) is 31.8 Å². The highest BCUT2D eigenvalue weighted by Crippen LogP contribution is 2.31. The quantitative estimate of drug-likeness (QED) is 0.591. The normalized spacial score (nSPS) is 15.8. The molecular formula is C20H33ClN2O4. The van der Waals surface area contributed by atoms with Crippen LogP contribution in [-0.4, -0.2) is 52.5 Å². The van der Waals surface area contributed by atoms with Gasteiger partial charge in [-0.25, -0.2) is 0 Å². The number of hydrogen-bond donors (Lipinski definition) is 2. The Kier molecular flexibility index (Phi) is 10.9. The molecule has 0 bridgehead atoms. The topological polar surface area (TPSA) is 68.8 Å². The van der Waals surface area contributed by atoms with Crippen molar-refractivity contribution >= 4 is 24.0 Å². The number of halogens is 1. The molecule has 1 heterocycles. The van der Waals surface area contributed by atoms with Crippen molar-refractivity contribution in [3.8, 4) is 0 Å². The lowest BCUT2D eigenvalue weighted by Gasteiger charge is -2.35. The summed E-state index contributed by atoms with van der Waals surface area (Å²) in [6.07, 6.45) is 1.57. The van der Waals surface area contributed by atoms with Crippen LogP contribution in [0.3, 0.4) is 0 Å². The van der Waals surface area contributed by atoms with Gasteiger partial charge < -0.3 is 24.8 Å². The molecule has 0 aromatic heterocycles. The number of anilines is 1. The van der Waals surface area contributed by atoms with Crippen molar-refractivity contribution in [2.45, 2.75) is 33.3 Å². The molecule has 0 atom stereocenters. The first-order valence-electron chi connectivity index (χ1n) is 9.38. The Labute approximate surface area is 168 Å². The molecule has 1 aromatic carbocycles. The van der Waals surface area contributed by atoms with Crippen LogP contribution in [0.25, 0.3) is 0 Å². The highest BCUT2D eigenvalue weighted by atomic mass is 35.5. The fraction of sp³-hybridized carbons (Fsp3) is 0.650. The Bertz CT molecular complexity index is 572. The van der Waals surface area contributed by atoms with Gasteiger partial charge in [0.2, 0.25) is 5.91 Å². The summed E-state index contributed by atoms with van der Waals surface area (Å²) in [4.78, 5) is 13.0. The highest BCUT2D eigenvalue weighted by molar-refractivity contribution is 5.96. The van der Waals surface area contributed by atoms with Gasteiger partial charge in [0.1, 0.15) is 0 Å². The lowest BCUT2D eigenvalue weighted by Crippen LogP contribution is -2.47. The Morgan fingerprint density at radius 1 is 1.22 bits per heavy atom. The second kappa shape index (κ2) is 12.3. The lowest BCUT2D eigenvalue weighted by atomic mass is 9.78. The molecule has 0 radical (unpaired) electrons. The van der Waals surface area contributed by atoms with Crippen LogP contribution in [0.5, 0.6) is 0 Å². The molecule has 0 spiro atoms. The van der Waals surface area contributed by atoms with Crippen LogP contribution in [0.1, 0.15) is 30.9 Å². The van der Waals surface area contributed by atoms with Crippen molar-refractivity contribution in [3.05, 3.63) is 29.3 Å². The number of piperidine rings is 1. The van der Waals surface area contributed by atoms with Crippen molar-refractivity contribution in [2.75, 3.05) is 51.9 Å². The van der Waals surface area contributed by atoms with Gasteiger partial charge in [-0.15, -0.1) is 12.4 Å². The third kappa shape index (κ3) is 6.73. The molecule has 27 heavy (non-hydrogen) atoms. The first kappa shape index (κ1) is 23.9. The van der Waals surface area contributed by atoms with Gasteiger partial charge in [-0.2, -0.15) is 0 Å². The molecule has 7 heteroatoms. The molecule has 0 saturated carbocycles. The highest BCUT2D eigenvalue weighted by Gasteiger charge is 2.39. The van der Waals surface area contributed by atoms with Crippen molar-refractivity contribution in [3.63, 3.8) is 0 Å². The number of ether oxygens (including phenoxy) is 3. The molecular weight excluding hydrogens is 368 g/mol. The van der Waals surface area contributed by atoms with Crippen LogP contribution in [0, 0.1) is 12.3 Å². The van der Waals surface area contributed by atoms with Gasteiger partial charge in [0.25, 0.3) is 0 Å². The summed E-state index contributed by atoms with van der Waals surface area (Å²) < 4.78 is 16.3. The Hall–Kier alpha value is -1.18. The van der Waals surface area contributed by atoms with E-state index in [0.717, 1.165) is 42.7 Å². The van der Waals surface area contributed by atoms with Crippen LogP contribution in [0.15, 0.2) is 18.2 Å². The number of rotatable bonds is 10. The van der Waals surface area contributed by atoms with E-state index >= 15 is 0 Å². The molecule has 1 amide bonds. The molecule has 2 rings (SSSR count).